The molecule has 0 fully saturated rings. The second-order valence-electron chi connectivity index (χ2n) is 5.35. The molecule has 18 heavy (non-hydrogen) atoms. The SMILES string of the molecule is CCN(CC(=O)NCC(C)C)C(CC)(CC)CN. The molecule has 1 amide bonds. The zero-order valence-corrected chi connectivity index (χ0v) is 12.8. The lowest BCUT2D eigenvalue weighted by Gasteiger charge is -2.41. The molecule has 0 aliphatic rings. The fourth-order valence-electron chi connectivity index (χ4n) is 2.28. The van der Waals surface area contributed by atoms with E-state index >= 15 is 0 Å². The van der Waals surface area contributed by atoms with Crippen molar-refractivity contribution in [3.63, 3.8) is 0 Å². The first-order chi connectivity index (χ1) is 8.45. The first-order valence-corrected chi connectivity index (χ1v) is 7.17. The second kappa shape index (κ2) is 8.48. The standard InChI is InChI=1S/C14H31N3O/c1-6-14(7-2,11-15)17(8-3)10-13(18)16-9-12(4)5/h12H,6-11,15H2,1-5H3,(H,16,18). The predicted octanol–water partition coefficient (Wildman–Crippen LogP) is 1.60. The molecular formula is C14H31N3O. The van der Waals surface area contributed by atoms with Crippen molar-refractivity contribution in [3.8, 4) is 0 Å². The van der Waals surface area contributed by atoms with Gasteiger partial charge in [0.15, 0.2) is 0 Å². The lowest BCUT2D eigenvalue weighted by atomic mass is 9.90. The van der Waals surface area contributed by atoms with Crippen molar-refractivity contribution in [1.29, 1.82) is 0 Å². The number of likely N-dealkylation sites (N-methyl/N-ethyl adjacent to an activating group) is 1. The molecule has 4 heteroatoms. The van der Waals surface area contributed by atoms with Crippen LogP contribution in [0.1, 0.15) is 47.5 Å². The minimum atomic E-state index is -0.0378. The van der Waals surface area contributed by atoms with Gasteiger partial charge in [-0.3, -0.25) is 9.69 Å². The molecule has 0 saturated heterocycles. The van der Waals surface area contributed by atoms with E-state index in [1.165, 1.54) is 0 Å². The Hall–Kier alpha value is -0.610. The Kier molecular flexibility index (Phi) is 8.20. The fourth-order valence-corrected chi connectivity index (χ4v) is 2.28. The van der Waals surface area contributed by atoms with Crippen LogP contribution in [0.25, 0.3) is 0 Å². The summed E-state index contributed by atoms with van der Waals surface area (Å²) in [6.07, 6.45) is 1.95. The van der Waals surface area contributed by atoms with Gasteiger partial charge in [0.05, 0.1) is 6.54 Å². The molecule has 0 radical (unpaired) electrons. The van der Waals surface area contributed by atoms with Crippen molar-refractivity contribution in [3.05, 3.63) is 0 Å². The maximum Gasteiger partial charge on any atom is 0.234 e. The van der Waals surface area contributed by atoms with E-state index in [2.05, 4.69) is 44.8 Å². The second-order valence-corrected chi connectivity index (χ2v) is 5.35. The number of nitrogens with one attached hydrogen (secondary N) is 1. The van der Waals surface area contributed by atoms with Crippen LogP contribution in [-0.4, -0.2) is 42.5 Å². The normalized spacial score (nSPS) is 12.2. The molecule has 4 nitrogen and oxygen atoms in total. The highest BCUT2D eigenvalue weighted by molar-refractivity contribution is 5.78. The summed E-state index contributed by atoms with van der Waals surface area (Å²) >= 11 is 0. The van der Waals surface area contributed by atoms with Crippen LogP contribution >= 0.6 is 0 Å². The molecule has 0 aromatic heterocycles. The zero-order chi connectivity index (χ0) is 14.2. The summed E-state index contributed by atoms with van der Waals surface area (Å²) in [4.78, 5) is 14.1. The maximum absolute atomic E-state index is 11.9. The lowest BCUT2D eigenvalue weighted by Crippen LogP contribution is -2.56. The van der Waals surface area contributed by atoms with E-state index in [0.717, 1.165) is 25.9 Å². The molecule has 108 valence electrons. The van der Waals surface area contributed by atoms with Crippen molar-refractivity contribution in [1.82, 2.24) is 10.2 Å². The highest BCUT2D eigenvalue weighted by atomic mass is 16.2. The van der Waals surface area contributed by atoms with Crippen molar-refractivity contribution in [2.45, 2.75) is 53.0 Å². The van der Waals surface area contributed by atoms with Gasteiger partial charge in [0.25, 0.3) is 0 Å². The van der Waals surface area contributed by atoms with Crippen LogP contribution in [-0.2, 0) is 4.79 Å². The van der Waals surface area contributed by atoms with Gasteiger partial charge in [-0.2, -0.15) is 0 Å². The highest BCUT2D eigenvalue weighted by Gasteiger charge is 2.32. The van der Waals surface area contributed by atoms with E-state index in [0.29, 0.717) is 19.0 Å². The molecule has 0 aromatic carbocycles. The minimum Gasteiger partial charge on any atom is -0.355 e. The number of carbonyl (C=O) groups excluding carboxylic acids is 1. The summed E-state index contributed by atoms with van der Waals surface area (Å²) in [6.45, 7) is 13.2. The molecular weight excluding hydrogens is 226 g/mol. The summed E-state index contributed by atoms with van der Waals surface area (Å²) in [7, 11) is 0. The molecule has 0 unspecified atom stereocenters. The van der Waals surface area contributed by atoms with Gasteiger partial charge < -0.3 is 11.1 Å². The van der Waals surface area contributed by atoms with Crippen molar-refractivity contribution in [2.75, 3.05) is 26.2 Å². The van der Waals surface area contributed by atoms with E-state index in [1.807, 2.05) is 0 Å². The third-order valence-electron chi connectivity index (χ3n) is 3.79. The van der Waals surface area contributed by atoms with Crippen LogP contribution in [0.3, 0.4) is 0 Å². The van der Waals surface area contributed by atoms with Gasteiger partial charge in [-0.25, -0.2) is 0 Å². The summed E-state index contributed by atoms with van der Waals surface area (Å²) in [6, 6.07) is 0. The summed E-state index contributed by atoms with van der Waals surface area (Å²) in [5.41, 5.74) is 5.89. The Morgan fingerprint density at radius 3 is 2.17 bits per heavy atom. The predicted molar refractivity (Wildman–Crippen MR) is 77.5 cm³/mol. The average molecular weight is 257 g/mol. The number of nitrogens with two attached hydrogens (primary N) is 1. The first-order valence-electron chi connectivity index (χ1n) is 7.17. The number of nitrogens with zero attached hydrogens (tertiary/aromatic N) is 1. The molecule has 0 aliphatic carbocycles. The van der Waals surface area contributed by atoms with Crippen LogP contribution in [0.5, 0.6) is 0 Å². The van der Waals surface area contributed by atoms with Crippen LogP contribution in [0, 0.1) is 5.92 Å². The van der Waals surface area contributed by atoms with Crippen LogP contribution in [0.15, 0.2) is 0 Å². The summed E-state index contributed by atoms with van der Waals surface area (Å²) < 4.78 is 0. The summed E-state index contributed by atoms with van der Waals surface area (Å²) in [5, 5.41) is 2.97. The Morgan fingerprint density at radius 1 is 1.28 bits per heavy atom. The molecule has 0 aliphatic heterocycles. The monoisotopic (exact) mass is 257 g/mol. The molecule has 0 heterocycles. The Labute approximate surface area is 112 Å². The molecule has 0 bridgehead atoms. The van der Waals surface area contributed by atoms with E-state index in [9.17, 15) is 4.79 Å². The third-order valence-corrected chi connectivity index (χ3v) is 3.79. The zero-order valence-electron chi connectivity index (χ0n) is 12.8. The minimum absolute atomic E-state index is 0.0378. The van der Waals surface area contributed by atoms with Gasteiger partial charge in [-0.15, -0.1) is 0 Å². The average Bonchev–Trinajstić information content (AvgIpc) is 2.37. The molecule has 0 spiro atoms. The van der Waals surface area contributed by atoms with Crippen LogP contribution in [0.2, 0.25) is 0 Å². The number of hydrogen-bond donors (Lipinski definition) is 2. The van der Waals surface area contributed by atoms with Gasteiger partial charge in [0.2, 0.25) is 5.91 Å². The molecule has 0 aromatic rings. The quantitative estimate of drug-likeness (QED) is 0.659. The van der Waals surface area contributed by atoms with Gasteiger partial charge in [0, 0.05) is 18.6 Å². The van der Waals surface area contributed by atoms with Gasteiger partial charge in [-0.05, 0) is 25.3 Å². The third kappa shape index (κ3) is 4.94. The number of rotatable bonds is 9. The lowest BCUT2D eigenvalue weighted by molar-refractivity contribution is -0.124. The molecule has 0 saturated carbocycles. The van der Waals surface area contributed by atoms with Crippen LogP contribution < -0.4 is 11.1 Å². The molecule has 3 N–H and O–H groups in total. The van der Waals surface area contributed by atoms with E-state index in [4.69, 9.17) is 5.73 Å². The largest absolute Gasteiger partial charge is 0.355 e. The Morgan fingerprint density at radius 2 is 1.83 bits per heavy atom. The smallest absolute Gasteiger partial charge is 0.234 e. The highest BCUT2D eigenvalue weighted by Crippen LogP contribution is 2.22. The summed E-state index contributed by atoms with van der Waals surface area (Å²) in [5.74, 6) is 0.589. The topological polar surface area (TPSA) is 58.4 Å². The van der Waals surface area contributed by atoms with Crippen molar-refractivity contribution >= 4 is 5.91 Å². The number of amides is 1. The van der Waals surface area contributed by atoms with E-state index in [-0.39, 0.29) is 11.4 Å². The van der Waals surface area contributed by atoms with Crippen molar-refractivity contribution in [2.24, 2.45) is 11.7 Å². The number of carbonyl (C=O) groups is 1. The first kappa shape index (κ1) is 17.4. The Bertz CT molecular complexity index is 229. The van der Waals surface area contributed by atoms with Gasteiger partial charge in [0.1, 0.15) is 0 Å². The Balaban J connectivity index is 4.53. The van der Waals surface area contributed by atoms with E-state index < -0.39 is 0 Å². The van der Waals surface area contributed by atoms with Gasteiger partial charge >= 0.3 is 0 Å². The van der Waals surface area contributed by atoms with Crippen LogP contribution in [0.4, 0.5) is 0 Å². The maximum atomic E-state index is 11.9. The fraction of sp³-hybridized carbons (Fsp3) is 0.929. The molecule has 0 rings (SSSR count). The number of hydrogen-bond acceptors (Lipinski definition) is 3. The van der Waals surface area contributed by atoms with Gasteiger partial charge in [-0.1, -0.05) is 34.6 Å². The van der Waals surface area contributed by atoms with E-state index in [1.54, 1.807) is 0 Å². The van der Waals surface area contributed by atoms with Crippen molar-refractivity contribution < 1.29 is 4.79 Å². The molecule has 0 atom stereocenters.